The summed E-state index contributed by atoms with van der Waals surface area (Å²) < 4.78 is 1.14. The second-order valence-electron chi connectivity index (χ2n) is 4.07. The van der Waals surface area contributed by atoms with Crippen LogP contribution < -0.4 is 5.32 Å². The summed E-state index contributed by atoms with van der Waals surface area (Å²) >= 11 is 5.33. The molecule has 90 valence electrons. The van der Waals surface area contributed by atoms with Crippen molar-refractivity contribution in [3.63, 3.8) is 0 Å². The molecule has 0 spiro atoms. The summed E-state index contributed by atoms with van der Waals surface area (Å²) in [4.78, 5) is 5.84. The van der Waals surface area contributed by atoms with Crippen LogP contribution in [0.25, 0.3) is 0 Å². The molecule has 0 aromatic carbocycles. The van der Waals surface area contributed by atoms with E-state index in [1.165, 1.54) is 16.0 Å². The third-order valence-electron chi connectivity index (χ3n) is 2.72. The Morgan fingerprint density at radius 1 is 1.41 bits per heavy atom. The molecule has 0 bridgehead atoms. The standard InChI is InChI=1S/C13H15BrN2S/c1-8-6-9(2)11(16-7-8)12(15-3)13-10(14)4-5-17-13/h4-7,12,15H,1-3H3. The molecular weight excluding hydrogens is 296 g/mol. The van der Waals surface area contributed by atoms with Gasteiger partial charge >= 0.3 is 0 Å². The van der Waals surface area contributed by atoms with Crippen LogP contribution >= 0.6 is 27.3 Å². The van der Waals surface area contributed by atoms with Crippen LogP contribution in [-0.4, -0.2) is 12.0 Å². The molecule has 1 unspecified atom stereocenters. The lowest BCUT2D eigenvalue weighted by molar-refractivity contribution is 0.674. The van der Waals surface area contributed by atoms with Gasteiger partial charge in [-0.3, -0.25) is 4.98 Å². The molecule has 2 heterocycles. The monoisotopic (exact) mass is 310 g/mol. The molecule has 0 saturated heterocycles. The van der Waals surface area contributed by atoms with Gasteiger partial charge in [-0.1, -0.05) is 6.07 Å². The molecule has 0 radical (unpaired) electrons. The summed E-state index contributed by atoms with van der Waals surface area (Å²) in [6.45, 7) is 4.18. The van der Waals surface area contributed by atoms with Crippen molar-refractivity contribution in [2.45, 2.75) is 19.9 Å². The maximum absolute atomic E-state index is 4.57. The summed E-state index contributed by atoms with van der Waals surface area (Å²) in [5.74, 6) is 0. The van der Waals surface area contributed by atoms with E-state index in [0.717, 1.165) is 10.2 Å². The van der Waals surface area contributed by atoms with Gasteiger partial charge in [-0.05, 0) is 59.4 Å². The van der Waals surface area contributed by atoms with Crippen LogP contribution in [0.3, 0.4) is 0 Å². The number of pyridine rings is 1. The third-order valence-corrected chi connectivity index (χ3v) is 4.66. The number of hydrogen-bond donors (Lipinski definition) is 1. The minimum absolute atomic E-state index is 0.157. The average Bonchev–Trinajstić information content (AvgIpc) is 2.69. The smallest absolute Gasteiger partial charge is 0.0856 e. The molecule has 0 saturated carbocycles. The Hall–Kier alpha value is -0.710. The molecule has 2 aromatic heterocycles. The molecular formula is C13H15BrN2S. The topological polar surface area (TPSA) is 24.9 Å². The van der Waals surface area contributed by atoms with E-state index in [2.05, 4.69) is 57.6 Å². The summed E-state index contributed by atoms with van der Waals surface area (Å²) in [7, 11) is 1.97. The number of nitrogens with one attached hydrogen (secondary N) is 1. The first-order valence-corrected chi connectivity index (χ1v) is 7.14. The van der Waals surface area contributed by atoms with E-state index in [1.54, 1.807) is 11.3 Å². The molecule has 1 N–H and O–H groups in total. The van der Waals surface area contributed by atoms with E-state index in [0.29, 0.717) is 0 Å². The number of halogens is 1. The second kappa shape index (κ2) is 5.29. The Morgan fingerprint density at radius 2 is 2.18 bits per heavy atom. The molecule has 0 aliphatic rings. The zero-order valence-electron chi connectivity index (χ0n) is 10.1. The molecule has 1 atom stereocenters. The van der Waals surface area contributed by atoms with Crippen molar-refractivity contribution in [3.05, 3.63) is 49.9 Å². The molecule has 2 rings (SSSR count). The molecule has 0 aliphatic heterocycles. The van der Waals surface area contributed by atoms with Crippen LogP contribution in [0.1, 0.15) is 27.7 Å². The Morgan fingerprint density at radius 3 is 2.71 bits per heavy atom. The predicted octanol–water partition coefficient (Wildman–Crippen LogP) is 3.83. The molecule has 2 aromatic rings. The summed E-state index contributed by atoms with van der Waals surface area (Å²) in [5.41, 5.74) is 3.53. The fourth-order valence-electron chi connectivity index (χ4n) is 1.93. The highest BCUT2D eigenvalue weighted by Crippen LogP contribution is 2.33. The highest BCUT2D eigenvalue weighted by atomic mass is 79.9. The summed E-state index contributed by atoms with van der Waals surface area (Å²) in [6.07, 6.45) is 1.92. The molecule has 0 fully saturated rings. The number of aromatic nitrogens is 1. The quantitative estimate of drug-likeness (QED) is 0.932. The zero-order valence-corrected chi connectivity index (χ0v) is 12.5. The van der Waals surface area contributed by atoms with Gasteiger partial charge in [0.15, 0.2) is 0 Å². The SMILES string of the molecule is CNC(c1ncc(C)cc1C)c1sccc1Br. The van der Waals surface area contributed by atoms with Crippen LogP contribution in [-0.2, 0) is 0 Å². The number of thiophene rings is 1. The van der Waals surface area contributed by atoms with Crippen LogP contribution in [0.5, 0.6) is 0 Å². The van der Waals surface area contributed by atoms with Crippen molar-refractivity contribution in [2.75, 3.05) is 7.05 Å². The lowest BCUT2D eigenvalue weighted by atomic mass is 10.1. The van der Waals surface area contributed by atoms with Crippen molar-refractivity contribution < 1.29 is 0 Å². The fraction of sp³-hybridized carbons (Fsp3) is 0.308. The number of nitrogens with zero attached hydrogens (tertiary/aromatic N) is 1. The summed E-state index contributed by atoms with van der Waals surface area (Å²) in [5, 5.41) is 5.43. The van der Waals surface area contributed by atoms with Gasteiger partial charge in [0.25, 0.3) is 0 Å². The molecule has 0 aliphatic carbocycles. The Kier molecular flexibility index (Phi) is 3.97. The first-order chi connectivity index (χ1) is 8.13. The van der Waals surface area contributed by atoms with Crippen molar-refractivity contribution in [3.8, 4) is 0 Å². The highest BCUT2D eigenvalue weighted by Gasteiger charge is 2.19. The maximum Gasteiger partial charge on any atom is 0.0856 e. The van der Waals surface area contributed by atoms with Crippen molar-refractivity contribution in [1.82, 2.24) is 10.3 Å². The van der Waals surface area contributed by atoms with Crippen molar-refractivity contribution in [2.24, 2.45) is 0 Å². The van der Waals surface area contributed by atoms with Crippen LogP contribution in [0.15, 0.2) is 28.2 Å². The van der Waals surface area contributed by atoms with Gasteiger partial charge in [-0.2, -0.15) is 0 Å². The van der Waals surface area contributed by atoms with Gasteiger partial charge in [0.05, 0.1) is 11.7 Å². The Bertz CT molecular complexity index is 522. The minimum atomic E-state index is 0.157. The van der Waals surface area contributed by atoms with E-state index < -0.39 is 0 Å². The van der Waals surface area contributed by atoms with Gasteiger partial charge in [0.2, 0.25) is 0 Å². The van der Waals surface area contributed by atoms with E-state index in [9.17, 15) is 0 Å². The van der Waals surface area contributed by atoms with E-state index >= 15 is 0 Å². The molecule has 4 heteroatoms. The van der Waals surface area contributed by atoms with Crippen LogP contribution in [0, 0.1) is 13.8 Å². The van der Waals surface area contributed by atoms with Gasteiger partial charge in [-0.15, -0.1) is 11.3 Å². The predicted molar refractivity (Wildman–Crippen MR) is 76.6 cm³/mol. The normalized spacial score (nSPS) is 12.7. The largest absolute Gasteiger partial charge is 0.307 e. The lowest BCUT2D eigenvalue weighted by Gasteiger charge is -2.17. The van der Waals surface area contributed by atoms with Crippen LogP contribution in [0.2, 0.25) is 0 Å². The van der Waals surface area contributed by atoms with Gasteiger partial charge in [0, 0.05) is 15.5 Å². The third kappa shape index (κ3) is 2.59. The van der Waals surface area contributed by atoms with E-state index in [4.69, 9.17) is 0 Å². The first kappa shape index (κ1) is 12.7. The average molecular weight is 311 g/mol. The van der Waals surface area contributed by atoms with Gasteiger partial charge in [0.1, 0.15) is 0 Å². The van der Waals surface area contributed by atoms with E-state index in [1.807, 2.05) is 13.2 Å². The number of aryl methyl sites for hydroxylation is 2. The molecule has 2 nitrogen and oxygen atoms in total. The van der Waals surface area contributed by atoms with Gasteiger partial charge in [-0.25, -0.2) is 0 Å². The van der Waals surface area contributed by atoms with Crippen molar-refractivity contribution >= 4 is 27.3 Å². The minimum Gasteiger partial charge on any atom is -0.307 e. The number of rotatable bonds is 3. The highest BCUT2D eigenvalue weighted by molar-refractivity contribution is 9.10. The lowest BCUT2D eigenvalue weighted by Crippen LogP contribution is -2.19. The van der Waals surface area contributed by atoms with E-state index in [-0.39, 0.29) is 6.04 Å². The Balaban J connectivity index is 2.46. The number of hydrogen-bond acceptors (Lipinski definition) is 3. The fourth-order valence-corrected chi connectivity index (χ4v) is 3.64. The first-order valence-electron chi connectivity index (χ1n) is 5.46. The zero-order chi connectivity index (χ0) is 12.4. The molecule has 0 amide bonds. The summed E-state index contributed by atoms with van der Waals surface area (Å²) in [6, 6.07) is 4.41. The second-order valence-corrected chi connectivity index (χ2v) is 5.87. The van der Waals surface area contributed by atoms with Gasteiger partial charge < -0.3 is 5.32 Å². The Labute approximate surface area is 114 Å². The maximum atomic E-state index is 4.57. The van der Waals surface area contributed by atoms with Crippen molar-refractivity contribution in [1.29, 1.82) is 0 Å². The van der Waals surface area contributed by atoms with Crippen LogP contribution in [0.4, 0.5) is 0 Å². The molecule has 17 heavy (non-hydrogen) atoms.